The second-order valence-electron chi connectivity index (χ2n) is 4.41. The van der Waals surface area contributed by atoms with E-state index in [-0.39, 0.29) is 27.9 Å². The fourth-order valence-electron chi connectivity index (χ4n) is 1.48. The molecule has 110 valence electrons. The van der Waals surface area contributed by atoms with Gasteiger partial charge in [0.15, 0.2) is 0 Å². The van der Waals surface area contributed by atoms with E-state index >= 15 is 0 Å². The number of nitrogens with two attached hydrogens (primary N) is 1. The summed E-state index contributed by atoms with van der Waals surface area (Å²) >= 11 is 4.85. The smallest absolute Gasteiger partial charge is 0.243 e. The molecule has 1 rings (SSSR count). The molecule has 1 aromatic carbocycles. The van der Waals surface area contributed by atoms with Crippen LogP contribution >= 0.6 is 12.2 Å². The summed E-state index contributed by atoms with van der Waals surface area (Å²) in [7, 11) is 0.638. The zero-order valence-electron chi connectivity index (χ0n) is 11.5. The molecule has 0 fully saturated rings. The zero-order chi connectivity index (χ0) is 15.5. The van der Waals surface area contributed by atoms with Crippen LogP contribution in [-0.2, 0) is 14.8 Å². The SMILES string of the molecule is CN(C)C(=O)CN(C)S(=O)(=O)c1ccccc1C(N)=S. The van der Waals surface area contributed by atoms with Crippen LogP contribution in [0.3, 0.4) is 0 Å². The lowest BCUT2D eigenvalue weighted by Crippen LogP contribution is -2.38. The van der Waals surface area contributed by atoms with Gasteiger partial charge in [-0.1, -0.05) is 30.4 Å². The Morgan fingerprint density at radius 2 is 1.80 bits per heavy atom. The highest BCUT2D eigenvalue weighted by Crippen LogP contribution is 2.19. The Kier molecular flexibility index (Phi) is 5.21. The number of hydrogen-bond acceptors (Lipinski definition) is 4. The van der Waals surface area contributed by atoms with Gasteiger partial charge < -0.3 is 10.6 Å². The summed E-state index contributed by atoms with van der Waals surface area (Å²) in [6, 6.07) is 6.19. The van der Waals surface area contributed by atoms with E-state index < -0.39 is 10.0 Å². The van der Waals surface area contributed by atoms with Crippen molar-refractivity contribution in [3.05, 3.63) is 29.8 Å². The first-order valence-corrected chi connectivity index (χ1v) is 7.58. The topological polar surface area (TPSA) is 83.7 Å². The van der Waals surface area contributed by atoms with E-state index in [4.69, 9.17) is 18.0 Å². The van der Waals surface area contributed by atoms with Crippen molar-refractivity contribution in [2.75, 3.05) is 27.7 Å². The van der Waals surface area contributed by atoms with Gasteiger partial charge >= 0.3 is 0 Å². The van der Waals surface area contributed by atoms with Gasteiger partial charge in [0.05, 0.1) is 11.4 Å². The van der Waals surface area contributed by atoms with Crippen molar-refractivity contribution < 1.29 is 13.2 Å². The number of carbonyl (C=O) groups is 1. The van der Waals surface area contributed by atoms with Crippen LogP contribution in [0.2, 0.25) is 0 Å². The molecule has 0 radical (unpaired) electrons. The summed E-state index contributed by atoms with van der Waals surface area (Å²) in [5.41, 5.74) is 5.80. The maximum Gasteiger partial charge on any atom is 0.243 e. The van der Waals surface area contributed by atoms with Crippen LogP contribution in [0.25, 0.3) is 0 Å². The molecule has 8 heteroatoms. The molecule has 0 unspecified atom stereocenters. The first-order chi connectivity index (χ1) is 9.17. The fourth-order valence-corrected chi connectivity index (χ4v) is 3.05. The number of nitrogens with zero attached hydrogens (tertiary/aromatic N) is 2. The molecule has 20 heavy (non-hydrogen) atoms. The number of carbonyl (C=O) groups excluding carboxylic acids is 1. The summed E-state index contributed by atoms with van der Waals surface area (Å²) in [6.45, 7) is -0.249. The Labute approximate surface area is 124 Å². The van der Waals surface area contributed by atoms with Crippen molar-refractivity contribution in [2.45, 2.75) is 4.90 Å². The van der Waals surface area contributed by atoms with Crippen molar-refractivity contribution in [1.29, 1.82) is 0 Å². The Balaban J connectivity index is 3.17. The number of rotatable bonds is 5. The van der Waals surface area contributed by atoms with E-state index in [2.05, 4.69) is 0 Å². The van der Waals surface area contributed by atoms with E-state index in [0.29, 0.717) is 0 Å². The van der Waals surface area contributed by atoms with E-state index in [9.17, 15) is 13.2 Å². The number of hydrogen-bond donors (Lipinski definition) is 1. The molecule has 0 bridgehead atoms. The van der Waals surface area contributed by atoms with Gasteiger partial charge in [-0.05, 0) is 6.07 Å². The van der Waals surface area contributed by atoms with Crippen LogP contribution in [0, 0.1) is 0 Å². The predicted molar refractivity (Wildman–Crippen MR) is 80.8 cm³/mol. The van der Waals surface area contributed by atoms with Crippen molar-refractivity contribution in [1.82, 2.24) is 9.21 Å². The van der Waals surface area contributed by atoms with E-state index in [1.807, 2.05) is 0 Å². The molecule has 0 aromatic heterocycles. The van der Waals surface area contributed by atoms with Gasteiger partial charge in [-0.3, -0.25) is 4.79 Å². The minimum atomic E-state index is -3.82. The van der Waals surface area contributed by atoms with Crippen molar-refractivity contribution >= 4 is 33.1 Å². The third-order valence-electron chi connectivity index (χ3n) is 2.70. The summed E-state index contributed by atoms with van der Waals surface area (Å²) in [5, 5.41) is 0. The molecule has 0 aliphatic rings. The number of sulfonamides is 1. The predicted octanol–water partition coefficient (Wildman–Crippen LogP) is 0.0295. The van der Waals surface area contributed by atoms with Gasteiger partial charge in [0, 0.05) is 26.7 Å². The summed E-state index contributed by atoms with van der Waals surface area (Å²) in [5.74, 6) is -0.316. The molecule has 0 spiro atoms. The summed E-state index contributed by atoms with van der Waals surface area (Å²) in [6.07, 6.45) is 0. The third-order valence-corrected chi connectivity index (χ3v) is 4.78. The van der Waals surface area contributed by atoms with E-state index in [1.54, 1.807) is 26.2 Å². The lowest BCUT2D eigenvalue weighted by atomic mass is 10.2. The highest BCUT2D eigenvalue weighted by atomic mass is 32.2. The molecule has 0 atom stereocenters. The van der Waals surface area contributed by atoms with E-state index in [1.165, 1.54) is 24.1 Å². The second kappa shape index (κ2) is 6.29. The van der Waals surface area contributed by atoms with Gasteiger partial charge in [0.1, 0.15) is 4.99 Å². The molecule has 0 aliphatic carbocycles. The summed E-state index contributed by atoms with van der Waals surface area (Å²) < 4.78 is 25.9. The monoisotopic (exact) mass is 315 g/mol. The van der Waals surface area contributed by atoms with Crippen LogP contribution < -0.4 is 5.73 Å². The van der Waals surface area contributed by atoms with Crippen LogP contribution in [0.1, 0.15) is 5.56 Å². The van der Waals surface area contributed by atoms with Gasteiger partial charge in [-0.25, -0.2) is 8.42 Å². The maximum atomic E-state index is 12.5. The zero-order valence-corrected chi connectivity index (χ0v) is 13.2. The van der Waals surface area contributed by atoms with Crippen molar-refractivity contribution in [2.24, 2.45) is 5.73 Å². The first kappa shape index (κ1) is 16.5. The van der Waals surface area contributed by atoms with E-state index in [0.717, 1.165) is 4.31 Å². The largest absolute Gasteiger partial charge is 0.389 e. The van der Waals surface area contributed by atoms with Crippen molar-refractivity contribution in [3.63, 3.8) is 0 Å². The van der Waals surface area contributed by atoms with Crippen LogP contribution in [-0.4, -0.2) is 56.2 Å². The van der Waals surface area contributed by atoms with Crippen LogP contribution in [0.5, 0.6) is 0 Å². The van der Waals surface area contributed by atoms with Crippen LogP contribution in [0.15, 0.2) is 29.2 Å². The van der Waals surface area contributed by atoms with Gasteiger partial charge in [0.25, 0.3) is 0 Å². The Hall–Kier alpha value is -1.51. The van der Waals surface area contributed by atoms with Crippen LogP contribution in [0.4, 0.5) is 0 Å². The second-order valence-corrected chi connectivity index (χ2v) is 6.86. The Bertz CT molecular complexity index is 627. The molecule has 6 nitrogen and oxygen atoms in total. The third kappa shape index (κ3) is 3.53. The number of likely N-dealkylation sites (N-methyl/N-ethyl adjacent to an activating group) is 2. The lowest BCUT2D eigenvalue weighted by Gasteiger charge is -2.20. The lowest BCUT2D eigenvalue weighted by molar-refractivity contribution is -0.128. The molecule has 0 saturated carbocycles. The molecule has 0 aliphatic heterocycles. The average Bonchev–Trinajstić information content (AvgIpc) is 2.38. The molecule has 0 saturated heterocycles. The molecule has 1 amide bonds. The molecular weight excluding hydrogens is 298 g/mol. The molecule has 0 heterocycles. The van der Waals surface area contributed by atoms with Crippen molar-refractivity contribution in [3.8, 4) is 0 Å². The Morgan fingerprint density at radius 3 is 2.30 bits per heavy atom. The number of benzene rings is 1. The highest BCUT2D eigenvalue weighted by Gasteiger charge is 2.26. The van der Waals surface area contributed by atoms with Gasteiger partial charge in [-0.2, -0.15) is 4.31 Å². The first-order valence-electron chi connectivity index (χ1n) is 5.73. The quantitative estimate of drug-likeness (QED) is 0.775. The normalized spacial score (nSPS) is 11.4. The Morgan fingerprint density at radius 1 is 1.25 bits per heavy atom. The highest BCUT2D eigenvalue weighted by molar-refractivity contribution is 7.89. The molecule has 1 aromatic rings. The minimum absolute atomic E-state index is 0.00144. The average molecular weight is 315 g/mol. The fraction of sp³-hybridized carbons (Fsp3) is 0.333. The molecular formula is C12H17N3O3S2. The maximum absolute atomic E-state index is 12.5. The molecule has 2 N–H and O–H groups in total. The summed E-state index contributed by atoms with van der Waals surface area (Å²) in [4.78, 5) is 12.9. The number of thiocarbonyl (C=S) groups is 1. The standard InChI is InChI=1S/C12H17N3O3S2/c1-14(2)11(16)8-15(3)20(17,18)10-7-5-4-6-9(10)12(13)19/h4-7H,8H2,1-3H3,(H2,13,19). The van der Waals surface area contributed by atoms with Gasteiger partial charge in [0.2, 0.25) is 15.9 Å². The number of amides is 1. The van der Waals surface area contributed by atoms with Gasteiger partial charge in [-0.15, -0.1) is 0 Å². The minimum Gasteiger partial charge on any atom is -0.389 e.